The number of ether oxygens (including phenoxy) is 2. The number of carbonyl (C=O) groups is 1. The van der Waals surface area contributed by atoms with Crippen LogP contribution in [-0.4, -0.2) is 24.3 Å². The number of methoxy groups -OCH3 is 1. The maximum absolute atomic E-state index is 13.2. The van der Waals surface area contributed by atoms with Gasteiger partial charge in [-0.2, -0.15) is 5.10 Å². The Morgan fingerprint density at radius 2 is 1.57 bits per heavy atom. The highest BCUT2D eigenvalue weighted by molar-refractivity contribution is 14.1. The third-order valence-electron chi connectivity index (χ3n) is 5.67. The highest BCUT2D eigenvalue weighted by Gasteiger charge is 2.39. The zero-order valence-electron chi connectivity index (χ0n) is 19.9. The van der Waals surface area contributed by atoms with Crippen molar-refractivity contribution in [2.24, 2.45) is 5.10 Å². The standard InChI is InChI=1S/C29H24BrIN2O4/c1-36-26-16-21(25(30)17-27(26)37-19-20-12-14-24(31)15-13-20)18-32-33-28(34)29(35,22-8-4-2-5-9-22)23-10-6-3-7-11-23/h2-18,35H,19H2,1H3,(H,33,34)/b32-18-. The highest BCUT2D eigenvalue weighted by atomic mass is 127. The van der Waals surface area contributed by atoms with Crippen LogP contribution in [0.5, 0.6) is 11.5 Å². The van der Waals surface area contributed by atoms with Crippen LogP contribution in [0.25, 0.3) is 0 Å². The Hall–Kier alpha value is -3.21. The van der Waals surface area contributed by atoms with Crippen molar-refractivity contribution in [2.45, 2.75) is 12.2 Å². The Morgan fingerprint density at radius 1 is 0.973 bits per heavy atom. The van der Waals surface area contributed by atoms with Gasteiger partial charge in [0.05, 0.1) is 13.3 Å². The number of benzene rings is 4. The Kier molecular flexibility index (Phi) is 8.96. The summed E-state index contributed by atoms with van der Waals surface area (Å²) in [6.45, 7) is 0.390. The maximum atomic E-state index is 13.2. The largest absolute Gasteiger partial charge is 0.493 e. The van der Waals surface area contributed by atoms with Crippen molar-refractivity contribution in [1.82, 2.24) is 5.43 Å². The predicted octanol–water partition coefficient (Wildman–Crippen LogP) is 6.03. The normalized spacial score (nSPS) is 11.4. The van der Waals surface area contributed by atoms with E-state index in [4.69, 9.17) is 9.47 Å². The summed E-state index contributed by atoms with van der Waals surface area (Å²) >= 11 is 5.80. The van der Waals surface area contributed by atoms with E-state index in [-0.39, 0.29) is 0 Å². The van der Waals surface area contributed by atoms with Gasteiger partial charge in [0, 0.05) is 13.6 Å². The van der Waals surface area contributed by atoms with Crippen LogP contribution in [0, 0.1) is 3.57 Å². The third kappa shape index (κ3) is 6.38. The molecule has 0 aliphatic carbocycles. The summed E-state index contributed by atoms with van der Waals surface area (Å²) in [5, 5.41) is 15.6. The summed E-state index contributed by atoms with van der Waals surface area (Å²) in [7, 11) is 1.56. The van der Waals surface area contributed by atoms with Crippen molar-refractivity contribution in [3.8, 4) is 11.5 Å². The molecule has 8 heteroatoms. The number of carbonyl (C=O) groups excluding carboxylic acids is 1. The first-order valence-corrected chi connectivity index (χ1v) is 13.2. The molecule has 6 nitrogen and oxygen atoms in total. The Morgan fingerprint density at radius 3 is 2.14 bits per heavy atom. The second kappa shape index (κ2) is 12.4. The first-order valence-electron chi connectivity index (χ1n) is 11.3. The van der Waals surface area contributed by atoms with Crippen LogP contribution in [0.2, 0.25) is 0 Å². The molecule has 188 valence electrons. The van der Waals surface area contributed by atoms with Gasteiger partial charge in [0.25, 0.3) is 5.91 Å². The molecule has 0 aliphatic rings. The van der Waals surface area contributed by atoms with E-state index < -0.39 is 11.5 Å². The van der Waals surface area contributed by atoms with Gasteiger partial charge in [-0.3, -0.25) is 4.79 Å². The van der Waals surface area contributed by atoms with Gasteiger partial charge in [-0.1, -0.05) is 72.8 Å². The lowest BCUT2D eigenvalue weighted by molar-refractivity contribution is -0.136. The van der Waals surface area contributed by atoms with Crippen LogP contribution >= 0.6 is 38.5 Å². The smallest absolute Gasteiger partial charge is 0.281 e. The van der Waals surface area contributed by atoms with Crippen molar-refractivity contribution in [3.05, 3.63) is 127 Å². The molecular weight excluding hydrogens is 647 g/mol. The molecule has 0 saturated carbocycles. The SMILES string of the molecule is COc1cc(/C=N\NC(=O)C(O)(c2ccccc2)c2ccccc2)c(Br)cc1OCc1ccc(I)cc1. The summed E-state index contributed by atoms with van der Waals surface area (Å²) in [6.07, 6.45) is 1.48. The van der Waals surface area contributed by atoms with E-state index >= 15 is 0 Å². The zero-order chi connectivity index (χ0) is 26.3. The molecule has 4 aromatic rings. The summed E-state index contributed by atoms with van der Waals surface area (Å²) in [4.78, 5) is 13.2. The van der Waals surface area contributed by atoms with Crippen molar-refractivity contribution >= 4 is 50.6 Å². The quantitative estimate of drug-likeness (QED) is 0.130. The van der Waals surface area contributed by atoms with Crippen LogP contribution in [0.3, 0.4) is 0 Å². The highest BCUT2D eigenvalue weighted by Crippen LogP contribution is 2.34. The molecule has 0 radical (unpaired) electrons. The van der Waals surface area contributed by atoms with E-state index in [0.29, 0.717) is 39.3 Å². The average molecular weight is 671 g/mol. The number of nitrogens with zero attached hydrogens (tertiary/aromatic N) is 1. The molecule has 37 heavy (non-hydrogen) atoms. The van der Waals surface area contributed by atoms with E-state index in [1.54, 1.807) is 67.8 Å². The van der Waals surface area contributed by atoms with Crippen LogP contribution in [0.4, 0.5) is 0 Å². The topological polar surface area (TPSA) is 80.2 Å². The summed E-state index contributed by atoms with van der Waals surface area (Å²) in [6, 6.07) is 29.1. The van der Waals surface area contributed by atoms with Crippen LogP contribution < -0.4 is 14.9 Å². The summed E-state index contributed by atoms with van der Waals surface area (Å²) < 4.78 is 13.3. The molecule has 4 aromatic carbocycles. The fourth-order valence-corrected chi connectivity index (χ4v) is 4.48. The average Bonchev–Trinajstić information content (AvgIpc) is 2.94. The van der Waals surface area contributed by atoms with E-state index in [1.165, 1.54) is 6.21 Å². The second-order valence-corrected chi connectivity index (χ2v) is 10.2. The third-order valence-corrected chi connectivity index (χ3v) is 7.08. The fourth-order valence-electron chi connectivity index (χ4n) is 3.69. The van der Waals surface area contributed by atoms with Gasteiger partial charge in [0.2, 0.25) is 0 Å². The number of hydrogen-bond donors (Lipinski definition) is 2. The van der Waals surface area contributed by atoms with Gasteiger partial charge in [-0.25, -0.2) is 5.43 Å². The molecule has 0 aromatic heterocycles. The number of hydrogen-bond acceptors (Lipinski definition) is 5. The monoisotopic (exact) mass is 670 g/mol. The minimum atomic E-state index is -1.91. The Bertz CT molecular complexity index is 1340. The number of rotatable bonds is 9. The van der Waals surface area contributed by atoms with Gasteiger partial charge in [-0.05, 0) is 79.5 Å². The molecule has 0 fully saturated rings. The molecule has 4 rings (SSSR count). The minimum Gasteiger partial charge on any atom is -0.493 e. The molecule has 1 amide bonds. The van der Waals surface area contributed by atoms with Gasteiger partial charge in [0.1, 0.15) is 6.61 Å². The van der Waals surface area contributed by atoms with E-state index in [1.807, 2.05) is 36.4 Å². The fraction of sp³-hybridized carbons (Fsp3) is 0.103. The Balaban J connectivity index is 1.52. The maximum Gasteiger partial charge on any atom is 0.281 e. The predicted molar refractivity (Wildman–Crippen MR) is 156 cm³/mol. The van der Waals surface area contributed by atoms with Gasteiger partial charge in [0.15, 0.2) is 17.1 Å². The lowest BCUT2D eigenvalue weighted by Crippen LogP contribution is -2.43. The lowest BCUT2D eigenvalue weighted by Gasteiger charge is -2.27. The van der Waals surface area contributed by atoms with Crippen LogP contribution in [-0.2, 0) is 17.0 Å². The zero-order valence-corrected chi connectivity index (χ0v) is 23.6. The number of amides is 1. The van der Waals surface area contributed by atoms with Crippen molar-refractivity contribution in [1.29, 1.82) is 0 Å². The molecule has 0 spiro atoms. The first kappa shape index (κ1) is 26.8. The molecule has 0 saturated heterocycles. The summed E-state index contributed by atoms with van der Waals surface area (Å²) in [5.74, 6) is 0.407. The van der Waals surface area contributed by atoms with Crippen molar-refractivity contribution in [2.75, 3.05) is 7.11 Å². The number of nitrogens with one attached hydrogen (secondary N) is 1. The van der Waals surface area contributed by atoms with Gasteiger partial charge >= 0.3 is 0 Å². The van der Waals surface area contributed by atoms with Gasteiger partial charge < -0.3 is 14.6 Å². The van der Waals surface area contributed by atoms with E-state index in [9.17, 15) is 9.90 Å². The van der Waals surface area contributed by atoms with Crippen LogP contribution in [0.1, 0.15) is 22.3 Å². The molecule has 0 heterocycles. The molecular formula is C29H24BrIN2O4. The number of halogens is 2. The van der Waals surface area contributed by atoms with Crippen molar-refractivity contribution in [3.63, 3.8) is 0 Å². The number of hydrazone groups is 1. The van der Waals surface area contributed by atoms with Gasteiger partial charge in [-0.15, -0.1) is 0 Å². The van der Waals surface area contributed by atoms with Crippen LogP contribution in [0.15, 0.2) is 107 Å². The molecule has 0 bridgehead atoms. The van der Waals surface area contributed by atoms with E-state index in [0.717, 1.165) is 9.13 Å². The molecule has 0 atom stereocenters. The van der Waals surface area contributed by atoms with Crippen molar-refractivity contribution < 1.29 is 19.4 Å². The lowest BCUT2D eigenvalue weighted by atomic mass is 9.85. The second-order valence-electron chi connectivity index (χ2n) is 8.08. The Labute approximate surface area is 237 Å². The number of aliphatic hydroxyl groups is 1. The minimum absolute atomic E-state index is 0.390. The molecule has 0 unspecified atom stereocenters. The molecule has 0 aliphatic heterocycles. The summed E-state index contributed by atoms with van der Waals surface area (Å²) in [5.41, 5.74) is 3.14. The first-order chi connectivity index (χ1) is 17.9. The molecule has 2 N–H and O–H groups in total. The van der Waals surface area contributed by atoms with E-state index in [2.05, 4.69) is 49.0 Å².